The van der Waals surface area contributed by atoms with Crippen LogP contribution in [0.3, 0.4) is 0 Å². The largest absolute Gasteiger partial charge is 0.398 e. The molecule has 0 fully saturated rings. The van der Waals surface area contributed by atoms with E-state index in [1.807, 2.05) is 42.5 Å². The van der Waals surface area contributed by atoms with Crippen LogP contribution in [0.5, 0.6) is 0 Å². The number of H-pyrrole nitrogens is 1. The molecule has 2 aromatic heterocycles. The Morgan fingerprint density at radius 1 is 1.11 bits per heavy atom. The van der Waals surface area contributed by atoms with Gasteiger partial charge in [0.25, 0.3) is 0 Å². The third-order valence-electron chi connectivity index (χ3n) is 4.43. The first-order valence-corrected chi connectivity index (χ1v) is 9.50. The first kappa shape index (κ1) is 17.3. The Kier molecular flexibility index (Phi) is 4.64. The Bertz CT molecular complexity index is 1090. The van der Waals surface area contributed by atoms with Crippen LogP contribution < -0.4 is 5.73 Å². The van der Waals surface area contributed by atoms with Crippen LogP contribution in [0, 0.1) is 5.41 Å². The minimum Gasteiger partial charge on any atom is -0.398 e. The van der Waals surface area contributed by atoms with Crippen molar-refractivity contribution in [2.75, 3.05) is 5.73 Å². The topological polar surface area (TPSA) is 91.4 Å². The molecular formula is C21H19N5S. The highest BCUT2D eigenvalue weighted by molar-refractivity contribution is 7.99. The smallest absolute Gasteiger partial charge is 0.166 e. The number of aromatic nitrogens is 3. The molecule has 0 spiro atoms. The third-order valence-corrected chi connectivity index (χ3v) is 5.47. The van der Waals surface area contributed by atoms with Gasteiger partial charge in [0.2, 0.25) is 0 Å². The van der Waals surface area contributed by atoms with Gasteiger partial charge in [-0.3, -0.25) is 10.4 Å². The van der Waals surface area contributed by atoms with Crippen molar-refractivity contribution in [1.82, 2.24) is 15.0 Å². The number of anilines is 1. The van der Waals surface area contributed by atoms with Crippen molar-refractivity contribution >= 4 is 34.2 Å². The predicted molar refractivity (Wildman–Crippen MR) is 111 cm³/mol. The molecule has 5 nitrogen and oxygen atoms in total. The van der Waals surface area contributed by atoms with Crippen LogP contribution in [0.25, 0.3) is 11.0 Å². The third kappa shape index (κ3) is 3.57. The highest BCUT2D eigenvalue weighted by atomic mass is 32.2. The van der Waals surface area contributed by atoms with Crippen molar-refractivity contribution < 1.29 is 0 Å². The zero-order chi connectivity index (χ0) is 18.8. The van der Waals surface area contributed by atoms with E-state index >= 15 is 0 Å². The highest BCUT2D eigenvalue weighted by Gasteiger charge is 2.14. The van der Waals surface area contributed by atoms with Crippen molar-refractivity contribution in [1.29, 1.82) is 5.41 Å². The quantitative estimate of drug-likeness (QED) is 0.266. The summed E-state index contributed by atoms with van der Waals surface area (Å²) in [4.78, 5) is 12.0. The lowest BCUT2D eigenvalue weighted by Gasteiger charge is -2.08. The van der Waals surface area contributed by atoms with Gasteiger partial charge >= 0.3 is 0 Å². The molecule has 134 valence electrons. The van der Waals surface area contributed by atoms with Crippen LogP contribution in [-0.4, -0.2) is 20.7 Å². The van der Waals surface area contributed by atoms with Gasteiger partial charge in [-0.1, -0.05) is 42.1 Å². The highest BCUT2D eigenvalue weighted by Crippen LogP contribution is 2.34. The number of pyridine rings is 1. The van der Waals surface area contributed by atoms with Gasteiger partial charge in [-0.15, -0.1) is 0 Å². The number of nitrogen functional groups attached to an aromatic ring is 1. The summed E-state index contributed by atoms with van der Waals surface area (Å²) in [7, 11) is 0. The monoisotopic (exact) mass is 373 g/mol. The molecule has 0 bridgehead atoms. The second kappa shape index (κ2) is 7.25. The van der Waals surface area contributed by atoms with Crippen molar-refractivity contribution in [3.8, 4) is 0 Å². The molecule has 0 aliphatic heterocycles. The van der Waals surface area contributed by atoms with E-state index in [4.69, 9.17) is 11.1 Å². The number of hydrogen-bond donors (Lipinski definition) is 3. The minimum absolute atomic E-state index is 0.277. The van der Waals surface area contributed by atoms with E-state index in [0.717, 1.165) is 21.8 Å². The maximum absolute atomic E-state index is 8.47. The number of thioether (sulfide) groups is 1. The lowest BCUT2D eigenvalue weighted by atomic mass is 10.0. The molecule has 2 heterocycles. The van der Waals surface area contributed by atoms with E-state index in [2.05, 4.69) is 34.0 Å². The van der Waals surface area contributed by atoms with Crippen LogP contribution in [-0.2, 0) is 0 Å². The van der Waals surface area contributed by atoms with E-state index in [1.165, 1.54) is 5.56 Å². The maximum Gasteiger partial charge on any atom is 0.166 e. The van der Waals surface area contributed by atoms with Gasteiger partial charge in [0, 0.05) is 34.5 Å². The number of nitrogens with zero attached hydrogens (tertiary/aromatic N) is 2. The summed E-state index contributed by atoms with van der Waals surface area (Å²) in [6, 6.07) is 17.7. The lowest BCUT2D eigenvalue weighted by molar-refractivity contribution is 1.03. The first-order chi connectivity index (χ1) is 13.1. The Labute approximate surface area is 161 Å². The number of imidazole rings is 1. The molecule has 2 aromatic carbocycles. The Hall–Kier alpha value is -3.12. The normalized spacial score (nSPS) is 12.2. The molecule has 0 radical (unpaired) electrons. The summed E-state index contributed by atoms with van der Waals surface area (Å²) in [5.74, 6) is 0. The molecule has 0 amide bonds. The zero-order valence-electron chi connectivity index (χ0n) is 14.8. The lowest BCUT2D eigenvalue weighted by Crippen LogP contribution is -2.05. The fraction of sp³-hybridized carbons (Fsp3) is 0.0952. The second-order valence-electron chi connectivity index (χ2n) is 6.28. The minimum atomic E-state index is 0.277. The number of benzene rings is 2. The standard InChI is InChI=1S/C21H19N5S/c1-13(14-5-3-2-4-6-14)27-21-25-18-11-16(17(22)12-19(18)26-21)20(23)15-7-9-24-10-8-15/h2-13,23H,22H2,1H3,(H,25,26). The molecule has 1 atom stereocenters. The molecule has 1 unspecified atom stereocenters. The number of rotatable bonds is 5. The van der Waals surface area contributed by atoms with Crippen molar-refractivity contribution in [2.45, 2.75) is 17.3 Å². The van der Waals surface area contributed by atoms with E-state index < -0.39 is 0 Å². The van der Waals surface area contributed by atoms with Gasteiger partial charge in [-0.25, -0.2) is 4.98 Å². The van der Waals surface area contributed by atoms with Crippen molar-refractivity contribution in [3.05, 3.63) is 83.7 Å². The Morgan fingerprint density at radius 2 is 1.85 bits per heavy atom. The van der Waals surface area contributed by atoms with E-state index in [0.29, 0.717) is 17.0 Å². The fourth-order valence-electron chi connectivity index (χ4n) is 2.96. The van der Waals surface area contributed by atoms with Gasteiger partial charge < -0.3 is 10.7 Å². The van der Waals surface area contributed by atoms with Gasteiger partial charge in [0.05, 0.1) is 16.7 Å². The molecular weight excluding hydrogens is 354 g/mol. The molecule has 0 saturated carbocycles. The van der Waals surface area contributed by atoms with Gasteiger partial charge in [0.15, 0.2) is 5.16 Å². The second-order valence-corrected chi connectivity index (χ2v) is 7.61. The first-order valence-electron chi connectivity index (χ1n) is 8.62. The number of nitrogens with two attached hydrogens (primary N) is 1. The summed E-state index contributed by atoms with van der Waals surface area (Å²) >= 11 is 1.67. The molecule has 4 N–H and O–H groups in total. The summed E-state index contributed by atoms with van der Waals surface area (Å²) in [6.45, 7) is 2.16. The number of nitrogens with one attached hydrogen (secondary N) is 2. The van der Waals surface area contributed by atoms with Gasteiger partial charge in [0.1, 0.15) is 0 Å². The predicted octanol–water partition coefficient (Wildman–Crippen LogP) is 4.81. The average Bonchev–Trinajstić information content (AvgIpc) is 3.09. The SMILES string of the molecule is CC(Sc1nc2cc(N)c(C(=N)c3ccncc3)cc2[nH]1)c1ccccc1. The van der Waals surface area contributed by atoms with Crippen LogP contribution in [0.15, 0.2) is 72.1 Å². The Morgan fingerprint density at radius 3 is 2.59 bits per heavy atom. The van der Waals surface area contributed by atoms with E-state index in [-0.39, 0.29) is 5.25 Å². The molecule has 0 aliphatic rings. The van der Waals surface area contributed by atoms with Crippen LogP contribution >= 0.6 is 11.8 Å². The number of hydrogen-bond acceptors (Lipinski definition) is 5. The molecule has 4 rings (SSSR count). The van der Waals surface area contributed by atoms with Gasteiger partial charge in [-0.05, 0) is 36.8 Å². The molecule has 6 heteroatoms. The molecule has 4 aromatic rings. The number of fused-ring (bicyclic) bond motifs is 1. The summed E-state index contributed by atoms with van der Waals surface area (Å²) in [6.07, 6.45) is 3.35. The molecule has 0 aliphatic carbocycles. The molecule has 0 saturated heterocycles. The molecule has 27 heavy (non-hydrogen) atoms. The van der Waals surface area contributed by atoms with Crippen molar-refractivity contribution in [3.63, 3.8) is 0 Å². The van der Waals surface area contributed by atoms with Crippen molar-refractivity contribution in [2.24, 2.45) is 0 Å². The average molecular weight is 373 g/mol. The van der Waals surface area contributed by atoms with E-state index in [1.54, 1.807) is 24.2 Å². The van der Waals surface area contributed by atoms with Crippen LogP contribution in [0.1, 0.15) is 28.9 Å². The van der Waals surface area contributed by atoms with E-state index in [9.17, 15) is 0 Å². The summed E-state index contributed by atoms with van der Waals surface area (Å²) < 4.78 is 0. The van der Waals surface area contributed by atoms with Gasteiger partial charge in [-0.2, -0.15) is 0 Å². The van der Waals surface area contributed by atoms with Crippen LogP contribution in [0.2, 0.25) is 0 Å². The summed E-state index contributed by atoms with van der Waals surface area (Å²) in [5.41, 5.74) is 11.5. The fourth-order valence-corrected chi connectivity index (χ4v) is 3.90. The zero-order valence-corrected chi connectivity index (χ0v) is 15.6. The summed E-state index contributed by atoms with van der Waals surface area (Å²) in [5, 5.41) is 9.59. The maximum atomic E-state index is 8.47. The Balaban J connectivity index is 1.64. The number of aromatic amines is 1. The van der Waals surface area contributed by atoms with Crippen LogP contribution in [0.4, 0.5) is 5.69 Å².